The summed E-state index contributed by atoms with van der Waals surface area (Å²) in [6.45, 7) is 1.87. The number of likely N-dealkylation sites (N-methyl/N-ethyl adjacent to an activating group) is 1. The highest BCUT2D eigenvalue weighted by atomic mass is 16.5. The fourth-order valence-corrected chi connectivity index (χ4v) is 5.60. The van der Waals surface area contributed by atoms with Gasteiger partial charge in [0.15, 0.2) is 5.78 Å². The molecule has 0 saturated heterocycles. The number of hydrogen-bond acceptors (Lipinski definition) is 6. The minimum absolute atomic E-state index is 0.0157. The van der Waals surface area contributed by atoms with Crippen molar-refractivity contribution < 1.29 is 23.9 Å². The Morgan fingerprint density at radius 3 is 2.41 bits per heavy atom. The van der Waals surface area contributed by atoms with E-state index in [2.05, 4.69) is 10.6 Å². The largest absolute Gasteiger partial charge is 0.496 e. The van der Waals surface area contributed by atoms with E-state index in [1.165, 1.54) is 0 Å². The van der Waals surface area contributed by atoms with Crippen LogP contribution in [0.15, 0.2) is 54.6 Å². The highest BCUT2D eigenvalue weighted by Crippen LogP contribution is 2.37. The molecular formula is C32H36N4O5. The van der Waals surface area contributed by atoms with E-state index in [9.17, 15) is 19.2 Å². The van der Waals surface area contributed by atoms with E-state index in [4.69, 9.17) is 4.74 Å². The van der Waals surface area contributed by atoms with Crippen LogP contribution in [0.25, 0.3) is 10.8 Å². The molecule has 3 aromatic rings. The molecule has 9 heteroatoms. The zero-order valence-electron chi connectivity index (χ0n) is 23.7. The van der Waals surface area contributed by atoms with E-state index in [0.717, 1.165) is 22.8 Å². The number of amides is 3. The molecule has 3 aliphatic rings. The Balaban J connectivity index is 1.69. The molecule has 3 amide bonds. The molecular weight excluding hydrogens is 520 g/mol. The highest BCUT2D eigenvalue weighted by Gasteiger charge is 2.37. The van der Waals surface area contributed by atoms with Gasteiger partial charge in [0, 0.05) is 24.0 Å². The lowest BCUT2D eigenvalue weighted by atomic mass is 9.97. The van der Waals surface area contributed by atoms with Crippen LogP contribution in [0.5, 0.6) is 5.75 Å². The van der Waals surface area contributed by atoms with Gasteiger partial charge in [0.2, 0.25) is 11.8 Å². The van der Waals surface area contributed by atoms with Gasteiger partial charge >= 0.3 is 0 Å². The van der Waals surface area contributed by atoms with Crippen molar-refractivity contribution in [2.24, 2.45) is 0 Å². The molecule has 0 fully saturated rings. The predicted molar refractivity (Wildman–Crippen MR) is 158 cm³/mol. The molecule has 2 N–H and O–H groups in total. The molecule has 2 atom stereocenters. The highest BCUT2D eigenvalue weighted by molar-refractivity contribution is 6.09. The maximum atomic E-state index is 14.3. The van der Waals surface area contributed by atoms with Crippen LogP contribution in [0.1, 0.15) is 54.9 Å². The van der Waals surface area contributed by atoms with Crippen LogP contribution in [0.2, 0.25) is 0 Å². The second-order valence-electron chi connectivity index (χ2n) is 10.7. The van der Waals surface area contributed by atoms with E-state index in [1.54, 1.807) is 30.9 Å². The Labute approximate surface area is 239 Å². The first-order chi connectivity index (χ1) is 19.8. The molecule has 6 rings (SSSR count). The molecule has 6 bridgehead atoms. The monoisotopic (exact) mass is 556 g/mol. The van der Waals surface area contributed by atoms with Crippen LogP contribution in [0.4, 0.5) is 11.4 Å². The van der Waals surface area contributed by atoms with E-state index in [0.29, 0.717) is 42.0 Å². The number of hydrogen-bond donors (Lipinski definition) is 2. The molecule has 214 valence electrons. The van der Waals surface area contributed by atoms with Gasteiger partial charge in [0.05, 0.1) is 37.6 Å². The van der Waals surface area contributed by atoms with Gasteiger partial charge in [-0.1, -0.05) is 36.8 Å². The number of carbonyl (C=O) groups is 4. The van der Waals surface area contributed by atoms with Gasteiger partial charge in [0.1, 0.15) is 11.8 Å². The molecule has 0 aromatic heterocycles. The van der Waals surface area contributed by atoms with Crippen molar-refractivity contribution in [2.75, 3.05) is 30.5 Å². The van der Waals surface area contributed by atoms with E-state index >= 15 is 0 Å². The van der Waals surface area contributed by atoms with Crippen molar-refractivity contribution in [3.8, 4) is 5.75 Å². The van der Waals surface area contributed by atoms with Crippen LogP contribution in [-0.2, 0) is 20.9 Å². The second kappa shape index (κ2) is 12.1. The van der Waals surface area contributed by atoms with E-state index < -0.39 is 12.1 Å². The molecule has 0 spiro atoms. The number of anilines is 2. The summed E-state index contributed by atoms with van der Waals surface area (Å²) in [6, 6.07) is 15.3. The molecule has 3 aliphatic heterocycles. The summed E-state index contributed by atoms with van der Waals surface area (Å²) >= 11 is 0. The van der Waals surface area contributed by atoms with Crippen molar-refractivity contribution >= 4 is 45.7 Å². The van der Waals surface area contributed by atoms with Crippen LogP contribution in [-0.4, -0.2) is 56.3 Å². The predicted octanol–water partition coefficient (Wildman–Crippen LogP) is 3.97. The van der Waals surface area contributed by atoms with Gasteiger partial charge in [-0.15, -0.1) is 0 Å². The number of nitrogens with one attached hydrogen (secondary N) is 2. The van der Waals surface area contributed by atoms with Crippen LogP contribution in [0.3, 0.4) is 0 Å². The van der Waals surface area contributed by atoms with Crippen molar-refractivity contribution in [3.05, 3.63) is 65.7 Å². The first-order valence-electron chi connectivity index (χ1n) is 14.1. The zero-order valence-corrected chi connectivity index (χ0v) is 23.7. The number of Topliss-reactive ketones (excluding diaryl/α,β-unsaturated/α-hetero) is 1. The molecule has 9 nitrogen and oxygen atoms in total. The number of fused-ring (bicyclic) bond motifs is 7. The van der Waals surface area contributed by atoms with Crippen LogP contribution >= 0.6 is 0 Å². The number of carbonyl (C=O) groups excluding carboxylic acids is 4. The Kier molecular flexibility index (Phi) is 8.35. The smallest absolute Gasteiger partial charge is 0.251 e. The minimum atomic E-state index is -0.960. The molecule has 0 aliphatic carbocycles. The maximum Gasteiger partial charge on any atom is 0.251 e. The topological polar surface area (TPSA) is 108 Å². The number of nitrogens with zero attached hydrogens (tertiary/aromatic N) is 2. The van der Waals surface area contributed by atoms with E-state index in [-0.39, 0.29) is 43.0 Å². The summed E-state index contributed by atoms with van der Waals surface area (Å²) < 4.78 is 5.74. The van der Waals surface area contributed by atoms with Gasteiger partial charge in [-0.2, -0.15) is 0 Å². The zero-order chi connectivity index (χ0) is 29.1. The van der Waals surface area contributed by atoms with Crippen LogP contribution in [0, 0.1) is 0 Å². The number of para-hydroxylation sites is 2. The van der Waals surface area contributed by atoms with Crippen molar-refractivity contribution in [1.29, 1.82) is 0 Å². The summed E-state index contributed by atoms with van der Waals surface area (Å²) in [4.78, 5) is 57.1. The maximum absolute atomic E-state index is 14.3. The Bertz CT molecular complexity index is 1500. The fraction of sp³-hybridized carbons (Fsp3) is 0.375. The first-order valence-corrected chi connectivity index (χ1v) is 14.1. The number of ether oxygens (including phenoxy) is 1. The minimum Gasteiger partial charge on any atom is -0.496 e. The van der Waals surface area contributed by atoms with E-state index in [1.807, 2.05) is 54.6 Å². The third-order valence-electron chi connectivity index (χ3n) is 8.08. The molecule has 3 heterocycles. The van der Waals surface area contributed by atoms with Crippen molar-refractivity contribution in [2.45, 2.75) is 57.7 Å². The van der Waals surface area contributed by atoms with Gasteiger partial charge < -0.3 is 25.2 Å². The van der Waals surface area contributed by atoms with Gasteiger partial charge in [0.25, 0.3) is 5.91 Å². The lowest BCUT2D eigenvalue weighted by Crippen LogP contribution is -2.55. The summed E-state index contributed by atoms with van der Waals surface area (Å²) in [6.07, 6.45) is 2.71. The normalized spacial score (nSPS) is 18.8. The average Bonchev–Trinajstić information content (AvgIpc) is 3.10. The fourth-order valence-electron chi connectivity index (χ4n) is 5.60. The van der Waals surface area contributed by atoms with Crippen LogP contribution < -0.4 is 25.2 Å². The number of ketones is 1. The first kappa shape index (κ1) is 28.3. The average molecular weight is 557 g/mol. The summed E-state index contributed by atoms with van der Waals surface area (Å²) in [5, 5.41) is 7.54. The number of rotatable bonds is 4. The van der Waals surface area contributed by atoms with Gasteiger partial charge in [-0.3, -0.25) is 19.2 Å². The molecule has 0 unspecified atom stereocenters. The summed E-state index contributed by atoms with van der Waals surface area (Å²) in [5.74, 6) is -0.110. The summed E-state index contributed by atoms with van der Waals surface area (Å²) in [7, 11) is 3.26. The molecule has 41 heavy (non-hydrogen) atoms. The Hall–Kier alpha value is -4.24. The lowest BCUT2D eigenvalue weighted by molar-refractivity contribution is -0.128. The second-order valence-corrected chi connectivity index (χ2v) is 10.7. The Morgan fingerprint density at radius 1 is 0.951 bits per heavy atom. The third kappa shape index (κ3) is 5.67. The number of methoxy groups -OCH3 is 1. The number of benzene rings is 3. The third-order valence-corrected chi connectivity index (χ3v) is 8.08. The summed E-state index contributed by atoms with van der Waals surface area (Å²) in [5.41, 5.74) is 2.61. The molecule has 3 aromatic carbocycles. The molecule has 0 radical (unpaired) electrons. The standard InChI is InChI=1S/C32H36N4O5/c1-20(33-2)31(39)34-25-19-35-26-9-7-8-10-27(26)36(32(25)40)18-24-23-15-13-22(17-21(23)14-16-29(24)41-3)28(37)11-5-4-6-12-30(35)38/h7-10,13-17,20,25,33H,4-6,11-12,18-19H2,1-3H3,(H,34,39)/t20-,25-/m0/s1. The van der Waals surface area contributed by atoms with Crippen molar-refractivity contribution in [1.82, 2.24) is 10.6 Å². The quantitative estimate of drug-likeness (QED) is 0.504. The van der Waals surface area contributed by atoms with Crippen molar-refractivity contribution in [3.63, 3.8) is 0 Å². The molecule has 0 saturated carbocycles. The lowest BCUT2D eigenvalue weighted by Gasteiger charge is -2.27. The SMILES string of the molecule is CN[C@@H](C)C(=O)N[C@H]1CN2C(=O)CCCCCC(=O)c3ccc4c(c(OC)ccc4c3)CN(C1=O)c1ccccc12. The van der Waals surface area contributed by atoms with Gasteiger partial charge in [-0.25, -0.2) is 0 Å². The Morgan fingerprint density at radius 2 is 1.68 bits per heavy atom. The van der Waals surface area contributed by atoms with Gasteiger partial charge in [-0.05, 0) is 61.9 Å².